The van der Waals surface area contributed by atoms with E-state index in [2.05, 4.69) is 11.8 Å². The molecular weight excluding hydrogens is 282 g/mol. The van der Waals surface area contributed by atoms with Gasteiger partial charge in [0.1, 0.15) is 5.82 Å². The number of aromatic nitrogens is 2. The van der Waals surface area contributed by atoms with Crippen molar-refractivity contribution in [3.05, 3.63) is 15.9 Å². The van der Waals surface area contributed by atoms with Gasteiger partial charge in [-0.3, -0.25) is 9.36 Å². The van der Waals surface area contributed by atoms with Crippen molar-refractivity contribution in [2.75, 3.05) is 23.7 Å². The number of unbranched alkanes of at least 4 members (excludes halogenated alkanes) is 1. The predicted octanol–water partition coefficient (Wildman–Crippen LogP) is 3.07. The third kappa shape index (κ3) is 3.12. The van der Waals surface area contributed by atoms with Gasteiger partial charge in [-0.1, -0.05) is 25.1 Å². The molecule has 1 aromatic heterocycles. The highest BCUT2D eigenvalue weighted by Crippen LogP contribution is 2.27. The summed E-state index contributed by atoms with van der Waals surface area (Å²) < 4.78 is 1.91. The first-order chi connectivity index (χ1) is 10.3. The highest BCUT2D eigenvalue weighted by atomic mass is 32.2. The minimum absolute atomic E-state index is 0.223. The highest BCUT2D eigenvalue weighted by molar-refractivity contribution is 7.99. The Labute approximate surface area is 130 Å². The SMILES string of the molecule is CCCCc1c(N2CCCCC2)nc2n(c1=O)CCCS2. The summed E-state index contributed by atoms with van der Waals surface area (Å²) in [5.41, 5.74) is 1.19. The minimum Gasteiger partial charge on any atom is -0.356 e. The summed E-state index contributed by atoms with van der Waals surface area (Å²) in [4.78, 5) is 20.1. The molecule has 0 saturated carbocycles. The van der Waals surface area contributed by atoms with Gasteiger partial charge in [-0.15, -0.1) is 0 Å². The summed E-state index contributed by atoms with van der Waals surface area (Å²) in [6, 6.07) is 0. The Hall–Kier alpha value is -0.970. The van der Waals surface area contributed by atoms with E-state index in [4.69, 9.17) is 4.98 Å². The van der Waals surface area contributed by atoms with Crippen molar-refractivity contribution in [3.63, 3.8) is 0 Å². The first kappa shape index (κ1) is 14.9. The van der Waals surface area contributed by atoms with Crippen LogP contribution in [0.3, 0.4) is 0 Å². The van der Waals surface area contributed by atoms with Crippen molar-refractivity contribution in [3.8, 4) is 0 Å². The average Bonchev–Trinajstić information content (AvgIpc) is 2.55. The van der Waals surface area contributed by atoms with Crippen molar-refractivity contribution >= 4 is 17.6 Å². The lowest BCUT2D eigenvalue weighted by Crippen LogP contribution is -2.36. The summed E-state index contributed by atoms with van der Waals surface area (Å²) in [5, 5.41) is 0.937. The summed E-state index contributed by atoms with van der Waals surface area (Å²) in [5.74, 6) is 2.08. The van der Waals surface area contributed by atoms with Crippen LogP contribution in [0.2, 0.25) is 0 Å². The average molecular weight is 307 g/mol. The number of hydrogen-bond acceptors (Lipinski definition) is 4. The second-order valence-corrected chi connectivity index (χ2v) is 7.07. The van der Waals surface area contributed by atoms with Crippen LogP contribution in [0, 0.1) is 0 Å². The van der Waals surface area contributed by atoms with Gasteiger partial charge in [0.05, 0.1) is 5.56 Å². The lowest BCUT2D eigenvalue weighted by molar-refractivity contribution is 0.533. The molecule has 0 aromatic carbocycles. The number of nitrogens with zero attached hydrogens (tertiary/aromatic N) is 3. The van der Waals surface area contributed by atoms with Crippen LogP contribution >= 0.6 is 11.8 Å². The molecule has 21 heavy (non-hydrogen) atoms. The number of piperidine rings is 1. The first-order valence-electron chi connectivity index (χ1n) is 8.32. The number of anilines is 1. The molecule has 1 saturated heterocycles. The van der Waals surface area contributed by atoms with E-state index < -0.39 is 0 Å². The lowest BCUT2D eigenvalue weighted by Gasteiger charge is -2.31. The zero-order valence-corrected chi connectivity index (χ0v) is 13.8. The number of fused-ring (bicyclic) bond motifs is 1. The van der Waals surface area contributed by atoms with Crippen LogP contribution in [-0.2, 0) is 13.0 Å². The van der Waals surface area contributed by atoms with Gasteiger partial charge in [-0.25, -0.2) is 4.98 Å². The Morgan fingerprint density at radius 3 is 2.71 bits per heavy atom. The number of thioether (sulfide) groups is 1. The van der Waals surface area contributed by atoms with Crippen molar-refractivity contribution in [2.45, 2.75) is 63.6 Å². The minimum atomic E-state index is 0.223. The molecule has 4 nitrogen and oxygen atoms in total. The Bertz CT molecular complexity index is 549. The summed E-state index contributed by atoms with van der Waals surface area (Å²) in [7, 11) is 0. The maximum absolute atomic E-state index is 12.9. The maximum atomic E-state index is 12.9. The van der Waals surface area contributed by atoms with Crippen molar-refractivity contribution in [2.24, 2.45) is 0 Å². The molecule has 0 spiro atoms. The first-order valence-corrected chi connectivity index (χ1v) is 9.31. The predicted molar refractivity (Wildman–Crippen MR) is 88.5 cm³/mol. The highest BCUT2D eigenvalue weighted by Gasteiger charge is 2.23. The van der Waals surface area contributed by atoms with E-state index in [0.29, 0.717) is 0 Å². The zero-order chi connectivity index (χ0) is 14.7. The molecule has 3 heterocycles. The standard InChI is InChI=1S/C16H25N3OS/c1-2-3-8-13-14(18-9-5-4-6-10-18)17-16-19(15(13)20)11-7-12-21-16/h2-12H2,1H3. The van der Waals surface area contributed by atoms with Gasteiger partial charge >= 0.3 is 0 Å². The van der Waals surface area contributed by atoms with Crippen molar-refractivity contribution in [1.29, 1.82) is 0 Å². The monoisotopic (exact) mass is 307 g/mol. The van der Waals surface area contributed by atoms with E-state index in [1.54, 1.807) is 11.8 Å². The third-order valence-corrected chi connectivity index (χ3v) is 5.46. The Morgan fingerprint density at radius 2 is 1.95 bits per heavy atom. The quantitative estimate of drug-likeness (QED) is 0.801. The number of hydrogen-bond donors (Lipinski definition) is 0. The molecule has 2 aliphatic heterocycles. The number of rotatable bonds is 4. The Kier molecular flexibility index (Phi) is 4.88. The normalized spacial score (nSPS) is 18.6. The van der Waals surface area contributed by atoms with E-state index >= 15 is 0 Å². The molecule has 2 aliphatic rings. The molecule has 5 heteroatoms. The molecule has 0 N–H and O–H groups in total. The van der Waals surface area contributed by atoms with Crippen LogP contribution in [0.25, 0.3) is 0 Å². The van der Waals surface area contributed by atoms with Gasteiger partial charge in [-0.05, 0) is 38.5 Å². The van der Waals surface area contributed by atoms with Crippen LogP contribution in [0.15, 0.2) is 9.95 Å². The molecule has 0 radical (unpaired) electrons. The lowest BCUT2D eigenvalue weighted by atomic mass is 10.1. The van der Waals surface area contributed by atoms with Gasteiger partial charge in [0.2, 0.25) is 0 Å². The van der Waals surface area contributed by atoms with E-state index in [-0.39, 0.29) is 5.56 Å². The van der Waals surface area contributed by atoms with Gasteiger partial charge in [0.15, 0.2) is 5.16 Å². The second kappa shape index (κ2) is 6.86. The maximum Gasteiger partial charge on any atom is 0.259 e. The summed E-state index contributed by atoms with van der Waals surface area (Å²) in [6.07, 6.45) is 7.90. The van der Waals surface area contributed by atoms with E-state index in [1.165, 1.54) is 19.3 Å². The fraction of sp³-hybridized carbons (Fsp3) is 0.750. The summed E-state index contributed by atoms with van der Waals surface area (Å²) >= 11 is 1.74. The topological polar surface area (TPSA) is 38.1 Å². The Morgan fingerprint density at radius 1 is 1.14 bits per heavy atom. The second-order valence-electron chi connectivity index (χ2n) is 6.01. The van der Waals surface area contributed by atoms with E-state index in [1.807, 2.05) is 4.57 Å². The summed E-state index contributed by atoms with van der Waals surface area (Å²) in [6.45, 7) is 5.13. The zero-order valence-electron chi connectivity index (χ0n) is 12.9. The molecule has 1 fully saturated rings. The van der Waals surface area contributed by atoms with Crippen LogP contribution < -0.4 is 10.5 Å². The van der Waals surface area contributed by atoms with Crippen LogP contribution in [0.1, 0.15) is 51.0 Å². The molecule has 0 amide bonds. The van der Waals surface area contributed by atoms with Gasteiger partial charge in [0.25, 0.3) is 5.56 Å². The van der Waals surface area contributed by atoms with Crippen LogP contribution in [0.4, 0.5) is 5.82 Å². The van der Waals surface area contributed by atoms with E-state index in [0.717, 1.165) is 67.6 Å². The van der Waals surface area contributed by atoms with Gasteiger partial charge in [-0.2, -0.15) is 0 Å². The van der Waals surface area contributed by atoms with Crippen LogP contribution in [0.5, 0.6) is 0 Å². The molecule has 0 unspecified atom stereocenters. The van der Waals surface area contributed by atoms with Crippen LogP contribution in [-0.4, -0.2) is 28.4 Å². The molecular formula is C16H25N3OS. The molecule has 116 valence electrons. The van der Waals surface area contributed by atoms with E-state index in [9.17, 15) is 4.79 Å². The largest absolute Gasteiger partial charge is 0.356 e. The van der Waals surface area contributed by atoms with Crippen molar-refractivity contribution < 1.29 is 0 Å². The Balaban J connectivity index is 2.02. The third-order valence-electron chi connectivity index (χ3n) is 4.40. The molecule has 0 aliphatic carbocycles. The molecule has 3 rings (SSSR count). The smallest absolute Gasteiger partial charge is 0.259 e. The molecule has 0 bridgehead atoms. The fourth-order valence-corrected chi connectivity index (χ4v) is 4.13. The van der Waals surface area contributed by atoms with Gasteiger partial charge < -0.3 is 4.90 Å². The molecule has 1 aromatic rings. The van der Waals surface area contributed by atoms with Crippen molar-refractivity contribution in [1.82, 2.24) is 9.55 Å². The molecule has 0 atom stereocenters. The fourth-order valence-electron chi connectivity index (χ4n) is 3.20. The van der Waals surface area contributed by atoms with Gasteiger partial charge in [0, 0.05) is 25.4 Å².